The summed E-state index contributed by atoms with van der Waals surface area (Å²) in [5.74, 6) is 0.241. The Balaban J connectivity index is 1.39. The van der Waals surface area contributed by atoms with Crippen LogP contribution in [0.25, 0.3) is 0 Å². The van der Waals surface area contributed by atoms with Gasteiger partial charge in [0.1, 0.15) is 5.82 Å². The number of anilines is 1. The lowest BCUT2D eigenvalue weighted by molar-refractivity contribution is 0.198. The summed E-state index contributed by atoms with van der Waals surface area (Å²) in [7, 11) is -3.73. The molecule has 2 amide bonds. The molecule has 0 bridgehead atoms. The van der Waals surface area contributed by atoms with Gasteiger partial charge in [-0.3, -0.25) is 9.97 Å². The normalized spacial score (nSPS) is 13.2. The van der Waals surface area contributed by atoms with Crippen molar-refractivity contribution in [1.29, 1.82) is 0 Å². The molecule has 1 aliphatic heterocycles. The molecule has 0 unspecified atom stereocenters. The van der Waals surface area contributed by atoms with Gasteiger partial charge in [0, 0.05) is 37.9 Å². The minimum atomic E-state index is -3.73. The number of hydrogen-bond acceptors (Lipinski definition) is 7. The molecule has 9 nitrogen and oxygen atoms in total. The Morgan fingerprint density at radius 1 is 1.00 bits per heavy atom. The second-order valence-corrected chi connectivity index (χ2v) is 8.52. The number of nitrogen functional groups attached to an aromatic ring is 1. The molecule has 0 aliphatic carbocycles. The Morgan fingerprint density at radius 2 is 1.72 bits per heavy atom. The predicted molar refractivity (Wildman–Crippen MR) is 104 cm³/mol. The summed E-state index contributed by atoms with van der Waals surface area (Å²) in [4.78, 5) is 26.2. The van der Waals surface area contributed by atoms with Gasteiger partial charge in [-0.1, -0.05) is 0 Å². The first-order valence-corrected chi connectivity index (χ1v) is 10.3. The quantitative estimate of drug-likeness (QED) is 0.666. The summed E-state index contributed by atoms with van der Waals surface area (Å²) in [6.07, 6.45) is 5.95. The molecule has 3 aromatic rings. The standard InChI is InChI=1S/C19H18N6O3S/c20-18-4-3-17(10-23-18)29(27,28)16-2-1-15(22-9-16)8-24-19(26)25-11-13-5-6-21-7-14(13)12-25/h1-7,9-10H,8,11-12H2,(H2,20,23)(H,24,26). The highest BCUT2D eigenvalue weighted by Crippen LogP contribution is 2.22. The van der Waals surface area contributed by atoms with Crippen LogP contribution in [0.5, 0.6) is 0 Å². The summed E-state index contributed by atoms with van der Waals surface area (Å²) in [5, 5.41) is 2.80. The van der Waals surface area contributed by atoms with Crippen molar-refractivity contribution in [3.63, 3.8) is 0 Å². The summed E-state index contributed by atoms with van der Waals surface area (Å²) < 4.78 is 25.2. The number of aromatic nitrogens is 3. The highest BCUT2D eigenvalue weighted by atomic mass is 32.2. The Bertz CT molecular complexity index is 1120. The number of nitrogens with two attached hydrogens (primary N) is 1. The number of urea groups is 1. The molecular weight excluding hydrogens is 392 g/mol. The molecule has 0 atom stereocenters. The fourth-order valence-electron chi connectivity index (χ4n) is 3.00. The van der Waals surface area contributed by atoms with E-state index >= 15 is 0 Å². The van der Waals surface area contributed by atoms with Crippen molar-refractivity contribution in [2.45, 2.75) is 29.4 Å². The van der Waals surface area contributed by atoms with E-state index in [-0.39, 0.29) is 28.2 Å². The van der Waals surface area contributed by atoms with Gasteiger partial charge in [-0.05, 0) is 41.5 Å². The van der Waals surface area contributed by atoms with Crippen LogP contribution in [-0.4, -0.2) is 34.3 Å². The Kier molecular flexibility index (Phi) is 4.85. The SMILES string of the molecule is Nc1ccc(S(=O)(=O)c2ccc(CNC(=O)N3Cc4ccncc4C3)nc2)cn1. The zero-order valence-electron chi connectivity index (χ0n) is 15.3. The van der Waals surface area contributed by atoms with Crippen LogP contribution < -0.4 is 11.1 Å². The van der Waals surface area contributed by atoms with E-state index in [0.29, 0.717) is 18.8 Å². The van der Waals surface area contributed by atoms with E-state index in [1.54, 1.807) is 23.4 Å². The van der Waals surface area contributed by atoms with Gasteiger partial charge in [0.15, 0.2) is 0 Å². The molecule has 0 spiro atoms. The summed E-state index contributed by atoms with van der Waals surface area (Å²) >= 11 is 0. The summed E-state index contributed by atoms with van der Waals surface area (Å²) in [6, 6.07) is 7.54. The topological polar surface area (TPSA) is 131 Å². The lowest BCUT2D eigenvalue weighted by Gasteiger charge is -2.16. The van der Waals surface area contributed by atoms with Crippen LogP contribution in [0.15, 0.2) is 64.9 Å². The Morgan fingerprint density at radius 3 is 2.38 bits per heavy atom. The molecule has 4 heterocycles. The van der Waals surface area contributed by atoms with Crippen LogP contribution in [0.3, 0.4) is 0 Å². The number of hydrogen-bond donors (Lipinski definition) is 2. The van der Waals surface area contributed by atoms with Crippen molar-refractivity contribution in [2.75, 3.05) is 5.73 Å². The Labute approximate surface area is 167 Å². The average molecular weight is 410 g/mol. The lowest BCUT2D eigenvalue weighted by atomic mass is 10.2. The van der Waals surface area contributed by atoms with Gasteiger partial charge in [-0.25, -0.2) is 18.2 Å². The number of fused-ring (bicyclic) bond motifs is 1. The van der Waals surface area contributed by atoms with Crippen LogP contribution in [0.4, 0.5) is 10.6 Å². The fourth-order valence-corrected chi connectivity index (χ4v) is 4.15. The van der Waals surface area contributed by atoms with Crippen molar-refractivity contribution >= 4 is 21.7 Å². The van der Waals surface area contributed by atoms with Gasteiger partial charge in [-0.2, -0.15) is 0 Å². The molecule has 29 heavy (non-hydrogen) atoms. The lowest BCUT2D eigenvalue weighted by Crippen LogP contribution is -2.36. The van der Waals surface area contributed by atoms with Gasteiger partial charge < -0.3 is 16.0 Å². The van der Waals surface area contributed by atoms with E-state index in [2.05, 4.69) is 20.3 Å². The first kappa shape index (κ1) is 18.8. The summed E-state index contributed by atoms with van der Waals surface area (Å²) in [5.41, 5.74) is 8.16. The minimum absolute atomic E-state index is 0.0395. The van der Waals surface area contributed by atoms with E-state index in [0.717, 1.165) is 11.1 Å². The van der Waals surface area contributed by atoms with Gasteiger partial charge in [0.25, 0.3) is 0 Å². The molecule has 0 fully saturated rings. The maximum Gasteiger partial charge on any atom is 0.318 e. The molecule has 0 aromatic carbocycles. The van der Waals surface area contributed by atoms with Crippen molar-refractivity contribution in [1.82, 2.24) is 25.2 Å². The molecule has 148 valence electrons. The van der Waals surface area contributed by atoms with E-state index in [1.807, 2.05) is 6.07 Å². The van der Waals surface area contributed by atoms with Crippen LogP contribution in [0.1, 0.15) is 16.8 Å². The molecule has 0 saturated carbocycles. The van der Waals surface area contributed by atoms with E-state index in [1.165, 1.54) is 30.6 Å². The fraction of sp³-hybridized carbons (Fsp3) is 0.158. The Hall–Kier alpha value is -3.53. The van der Waals surface area contributed by atoms with E-state index < -0.39 is 9.84 Å². The van der Waals surface area contributed by atoms with Crippen LogP contribution in [0.2, 0.25) is 0 Å². The van der Waals surface area contributed by atoms with Gasteiger partial charge in [-0.15, -0.1) is 0 Å². The average Bonchev–Trinajstić information content (AvgIpc) is 3.17. The number of carbonyl (C=O) groups excluding carboxylic acids is 1. The zero-order valence-corrected chi connectivity index (χ0v) is 16.1. The van der Waals surface area contributed by atoms with Crippen LogP contribution in [0, 0.1) is 0 Å². The first-order chi connectivity index (χ1) is 13.9. The molecule has 0 saturated heterocycles. The van der Waals surface area contributed by atoms with Gasteiger partial charge in [0.2, 0.25) is 9.84 Å². The molecule has 3 aromatic heterocycles. The van der Waals surface area contributed by atoms with Crippen LogP contribution >= 0.6 is 0 Å². The number of sulfone groups is 1. The maximum atomic E-state index is 12.6. The number of nitrogens with one attached hydrogen (secondary N) is 1. The second kappa shape index (κ2) is 7.47. The van der Waals surface area contributed by atoms with Gasteiger partial charge >= 0.3 is 6.03 Å². The van der Waals surface area contributed by atoms with Gasteiger partial charge in [0.05, 0.1) is 22.0 Å². The number of nitrogens with zero attached hydrogens (tertiary/aromatic N) is 4. The largest absolute Gasteiger partial charge is 0.384 e. The molecule has 3 N–H and O–H groups in total. The third-order valence-corrected chi connectivity index (χ3v) is 6.34. The van der Waals surface area contributed by atoms with E-state index in [4.69, 9.17) is 5.73 Å². The highest BCUT2D eigenvalue weighted by Gasteiger charge is 2.23. The smallest absolute Gasteiger partial charge is 0.318 e. The molecule has 1 aliphatic rings. The third kappa shape index (κ3) is 3.87. The van der Waals surface area contributed by atoms with Crippen molar-refractivity contribution in [3.8, 4) is 0 Å². The van der Waals surface area contributed by atoms with Crippen LogP contribution in [-0.2, 0) is 29.5 Å². The van der Waals surface area contributed by atoms with E-state index in [9.17, 15) is 13.2 Å². The monoisotopic (exact) mass is 410 g/mol. The third-order valence-electron chi connectivity index (χ3n) is 4.61. The number of amides is 2. The molecule has 0 radical (unpaired) electrons. The zero-order chi connectivity index (χ0) is 20.4. The van der Waals surface area contributed by atoms with Crippen molar-refractivity contribution < 1.29 is 13.2 Å². The predicted octanol–water partition coefficient (Wildman–Crippen LogP) is 1.51. The molecule has 4 rings (SSSR count). The van der Waals surface area contributed by atoms with Crippen molar-refractivity contribution in [3.05, 3.63) is 71.9 Å². The highest BCUT2D eigenvalue weighted by molar-refractivity contribution is 7.91. The first-order valence-electron chi connectivity index (χ1n) is 8.79. The van der Waals surface area contributed by atoms with Crippen molar-refractivity contribution in [2.24, 2.45) is 0 Å². The molecule has 10 heteroatoms. The number of pyridine rings is 3. The number of carbonyl (C=O) groups is 1. The minimum Gasteiger partial charge on any atom is -0.384 e. The maximum absolute atomic E-state index is 12.6. The number of rotatable bonds is 4. The second-order valence-electron chi connectivity index (χ2n) is 6.57. The summed E-state index contributed by atoms with van der Waals surface area (Å²) in [6.45, 7) is 1.23. The molecular formula is C19H18N6O3S.